The van der Waals surface area contributed by atoms with Crippen molar-refractivity contribution in [1.82, 2.24) is 15.0 Å². The predicted molar refractivity (Wildman–Crippen MR) is 95.7 cm³/mol. The number of aromatic hydroxyl groups is 2. The molecule has 1 aromatic heterocycles. The molecule has 0 aliphatic rings. The molecule has 0 aliphatic carbocycles. The SMILES string of the molecule is CCC(C)n1c(O)c(C=NNC(=O)c2ccccc2O)c(=O)[nH]c1=S. The average Bonchev–Trinajstić information content (AvgIpc) is 2.57. The summed E-state index contributed by atoms with van der Waals surface area (Å²) in [6.45, 7) is 3.76. The second-order valence-electron chi connectivity index (χ2n) is 5.34. The van der Waals surface area contributed by atoms with Gasteiger partial charge in [-0.15, -0.1) is 0 Å². The Bertz CT molecular complexity index is 932. The van der Waals surface area contributed by atoms with Gasteiger partial charge in [-0.25, -0.2) is 5.43 Å². The van der Waals surface area contributed by atoms with Gasteiger partial charge in [-0.1, -0.05) is 19.1 Å². The molecule has 1 atom stereocenters. The molecule has 2 aromatic rings. The summed E-state index contributed by atoms with van der Waals surface area (Å²) in [6, 6.07) is 5.83. The summed E-state index contributed by atoms with van der Waals surface area (Å²) in [5.41, 5.74) is 1.47. The van der Waals surface area contributed by atoms with Crippen LogP contribution >= 0.6 is 12.2 Å². The normalized spacial score (nSPS) is 12.2. The molecule has 8 nitrogen and oxygen atoms in total. The maximum absolute atomic E-state index is 12.0. The van der Waals surface area contributed by atoms with Gasteiger partial charge < -0.3 is 10.2 Å². The maximum atomic E-state index is 12.0. The molecule has 0 radical (unpaired) electrons. The summed E-state index contributed by atoms with van der Waals surface area (Å²) in [5, 5.41) is 23.6. The Labute approximate surface area is 148 Å². The fraction of sp³-hybridized carbons (Fsp3) is 0.250. The first-order chi connectivity index (χ1) is 11.9. The number of hydrazone groups is 1. The lowest BCUT2D eigenvalue weighted by Gasteiger charge is -2.16. The van der Waals surface area contributed by atoms with Crippen molar-refractivity contribution < 1.29 is 15.0 Å². The number of hydrogen-bond acceptors (Lipinski definition) is 6. The molecular weight excluding hydrogens is 344 g/mol. The number of phenolic OH excluding ortho intramolecular Hbond substituents is 1. The van der Waals surface area contributed by atoms with Crippen LogP contribution in [0.2, 0.25) is 0 Å². The molecule has 0 saturated carbocycles. The van der Waals surface area contributed by atoms with E-state index in [0.717, 1.165) is 6.21 Å². The topological polar surface area (TPSA) is 120 Å². The number of hydrogen-bond donors (Lipinski definition) is 4. The van der Waals surface area contributed by atoms with E-state index < -0.39 is 11.5 Å². The lowest BCUT2D eigenvalue weighted by Crippen LogP contribution is -2.22. The number of nitrogens with one attached hydrogen (secondary N) is 2. The van der Waals surface area contributed by atoms with Crippen molar-refractivity contribution in [2.45, 2.75) is 26.3 Å². The molecule has 1 amide bonds. The lowest BCUT2D eigenvalue weighted by atomic mass is 10.2. The number of aromatic amines is 1. The standard InChI is InChI=1S/C16H18N4O4S/c1-3-9(2)20-15(24)11(13(22)18-16(20)25)8-17-19-14(23)10-6-4-5-7-12(10)21/h4-9,21,24H,3H2,1-2H3,(H,19,23)(H,18,22,25). The Hall–Kier alpha value is -2.94. The van der Waals surface area contributed by atoms with Crippen molar-refractivity contribution in [3.05, 3.63) is 50.5 Å². The molecule has 0 fully saturated rings. The molecule has 0 aliphatic heterocycles. The van der Waals surface area contributed by atoms with Crippen LogP contribution in [0.15, 0.2) is 34.2 Å². The summed E-state index contributed by atoms with van der Waals surface area (Å²) in [4.78, 5) is 26.4. The smallest absolute Gasteiger partial charge is 0.275 e. The molecule has 0 bridgehead atoms. The molecular formula is C16H18N4O4S. The van der Waals surface area contributed by atoms with E-state index in [-0.39, 0.29) is 33.6 Å². The van der Waals surface area contributed by atoms with Gasteiger partial charge in [0, 0.05) is 6.04 Å². The van der Waals surface area contributed by atoms with Crippen molar-refractivity contribution in [3.63, 3.8) is 0 Å². The van der Waals surface area contributed by atoms with Crippen molar-refractivity contribution in [2.75, 3.05) is 0 Å². The first kappa shape index (κ1) is 18.4. The number of para-hydroxylation sites is 1. The van der Waals surface area contributed by atoms with Crippen LogP contribution < -0.4 is 11.0 Å². The van der Waals surface area contributed by atoms with Crippen molar-refractivity contribution in [2.24, 2.45) is 5.10 Å². The van der Waals surface area contributed by atoms with Crippen LogP contribution in [0, 0.1) is 4.77 Å². The zero-order valence-corrected chi connectivity index (χ0v) is 14.5. The number of phenols is 1. The summed E-state index contributed by atoms with van der Waals surface area (Å²) in [7, 11) is 0. The third-order valence-corrected chi connectivity index (χ3v) is 3.99. The molecule has 1 unspecified atom stereocenters. The van der Waals surface area contributed by atoms with Gasteiger partial charge in [0.2, 0.25) is 5.88 Å². The highest BCUT2D eigenvalue weighted by Crippen LogP contribution is 2.20. The largest absolute Gasteiger partial charge is 0.507 e. The van der Waals surface area contributed by atoms with Gasteiger partial charge in [0.15, 0.2) is 4.77 Å². The zero-order valence-electron chi connectivity index (χ0n) is 13.7. The van der Waals surface area contributed by atoms with Gasteiger partial charge in [0.1, 0.15) is 11.3 Å². The maximum Gasteiger partial charge on any atom is 0.275 e. The van der Waals surface area contributed by atoms with E-state index in [0.29, 0.717) is 6.42 Å². The number of aromatic nitrogens is 2. The monoisotopic (exact) mass is 362 g/mol. The van der Waals surface area contributed by atoms with E-state index in [4.69, 9.17) is 12.2 Å². The number of nitrogens with zero attached hydrogens (tertiary/aromatic N) is 2. The average molecular weight is 362 g/mol. The summed E-state index contributed by atoms with van der Waals surface area (Å²) in [6.07, 6.45) is 1.72. The number of carbonyl (C=O) groups excluding carboxylic acids is 1. The first-order valence-corrected chi connectivity index (χ1v) is 7.96. The molecule has 132 valence electrons. The Morgan fingerprint density at radius 1 is 1.44 bits per heavy atom. The number of amides is 1. The van der Waals surface area contributed by atoms with E-state index in [9.17, 15) is 19.8 Å². The molecule has 2 rings (SSSR count). The van der Waals surface area contributed by atoms with Gasteiger partial charge in [0.25, 0.3) is 11.5 Å². The number of carbonyl (C=O) groups is 1. The Morgan fingerprint density at radius 2 is 2.12 bits per heavy atom. The number of rotatable bonds is 5. The summed E-state index contributed by atoms with van der Waals surface area (Å²) < 4.78 is 1.51. The van der Waals surface area contributed by atoms with Crippen molar-refractivity contribution in [3.8, 4) is 11.6 Å². The fourth-order valence-electron chi connectivity index (χ4n) is 2.14. The number of benzene rings is 1. The van der Waals surface area contributed by atoms with Crippen LogP contribution in [0.4, 0.5) is 0 Å². The lowest BCUT2D eigenvalue weighted by molar-refractivity contribution is 0.0952. The van der Waals surface area contributed by atoms with Gasteiger partial charge in [0.05, 0.1) is 11.8 Å². The van der Waals surface area contributed by atoms with Crippen molar-refractivity contribution >= 4 is 24.3 Å². The minimum Gasteiger partial charge on any atom is -0.507 e. The second kappa shape index (κ2) is 7.75. The number of H-pyrrole nitrogens is 1. The highest BCUT2D eigenvalue weighted by molar-refractivity contribution is 7.71. The molecule has 1 heterocycles. The molecule has 25 heavy (non-hydrogen) atoms. The van der Waals surface area contributed by atoms with Crippen LogP contribution in [0.5, 0.6) is 11.6 Å². The Morgan fingerprint density at radius 3 is 2.76 bits per heavy atom. The second-order valence-corrected chi connectivity index (χ2v) is 5.73. The van der Waals surface area contributed by atoms with E-state index in [1.165, 1.54) is 16.7 Å². The highest BCUT2D eigenvalue weighted by Gasteiger charge is 2.15. The van der Waals surface area contributed by atoms with E-state index in [2.05, 4.69) is 15.5 Å². The van der Waals surface area contributed by atoms with E-state index >= 15 is 0 Å². The van der Waals surface area contributed by atoms with Crippen LogP contribution in [0.25, 0.3) is 0 Å². The quantitative estimate of drug-likeness (QED) is 0.369. The fourth-order valence-corrected chi connectivity index (χ4v) is 2.50. The summed E-state index contributed by atoms with van der Waals surface area (Å²) in [5.74, 6) is -1.18. The van der Waals surface area contributed by atoms with Crippen LogP contribution in [0.3, 0.4) is 0 Å². The highest BCUT2D eigenvalue weighted by atomic mass is 32.1. The Kier molecular flexibility index (Phi) is 5.71. The van der Waals surface area contributed by atoms with Crippen LogP contribution in [-0.2, 0) is 0 Å². The molecule has 0 spiro atoms. The van der Waals surface area contributed by atoms with Crippen LogP contribution in [0.1, 0.15) is 42.2 Å². The molecule has 1 aromatic carbocycles. The van der Waals surface area contributed by atoms with Crippen molar-refractivity contribution in [1.29, 1.82) is 0 Å². The zero-order chi connectivity index (χ0) is 18.6. The van der Waals surface area contributed by atoms with Gasteiger partial charge in [-0.3, -0.25) is 19.1 Å². The third kappa shape index (κ3) is 3.94. The third-order valence-electron chi connectivity index (χ3n) is 3.69. The molecule has 9 heteroatoms. The van der Waals surface area contributed by atoms with Gasteiger partial charge in [-0.05, 0) is 37.7 Å². The minimum absolute atomic E-state index is 0.0355. The minimum atomic E-state index is -0.653. The Balaban J connectivity index is 2.30. The van der Waals surface area contributed by atoms with Gasteiger partial charge in [-0.2, -0.15) is 5.10 Å². The van der Waals surface area contributed by atoms with Gasteiger partial charge >= 0.3 is 0 Å². The van der Waals surface area contributed by atoms with E-state index in [1.54, 1.807) is 12.1 Å². The van der Waals surface area contributed by atoms with E-state index in [1.807, 2.05) is 13.8 Å². The summed E-state index contributed by atoms with van der Waals surface area (Å²) >= 11 is 5.07. The first-order valence-electron chi connectivity index (χ1n) is 7.56. The predicted octanol–water partition coefficient (Wildman–Crippen LogP) is 2.05. The molecule has 4 N–H and O–H groups in total. The molecule has 0 saturated heterocycles. The van der Waals surface area contributed by atoms with Crippen LogP contribution in [-0.4, -0.2) is 31.9 Å².